The third kappa shape index (κ3) is 5.36. The fraction of sp³-hybridized carbons (Fsp3) is 0.412. The van der Waals surface area contributed by atoms with Gasteiger partial charge in [-0.3, -0.25) is 4.79 Å². The number of ether oxygens (including phenoxy) is 1. The second-order valence-corrected chi connectivity index (χ2v) is 11.8. The van der Waals surface area contributed by atoms with E-state index >= 15 is 0 Å². The number of nitrogens with zero attached hydrogens (tertiary/aromatic N) is 2. The molecule has 3 aromatic carbocycles. The van der Waals surface area contributed by atoms with Gasteiger partial charge in [-0.15, -0.1) is 0 Å². The molecule has 1 N–H and O–H groups in total. The first-order valence-electron chi connectivity index (χ1n) is 14.6. The molecule has 1 saturated heterocycles. The summed E-state index contributed by atoms with van der Waals surface area (Å²) in [6.45, 7) is 7.35. The molecule has 1 aromatic heterocycles. The molecule has 2 aliphatic rings. The lowest BCUT2D eigenvalue weighted by atomic mass is 9.82. The molecule has 0 radical (unpaired) electrons. The number of halogens is 1. The Morgan fingerprint density at radius 3 is 2.73 bits per heavy atom. The van der Waals surface area contributed by atoms with Crippen LogP contribution >= 0.6 is 0 Å². The van der Waals surface area contributed by atoms with Gasteiger partial charge in [0.15, 0.2) is 0 Å². The van der Waals surface area contributed by atoms with Crippen LogP contribution in [0.15, 0.2) is 54.6 Å². The molecule has 3 atom stereocenters. The summed E-state index contributed by atoms with van der Waals surface area (Å²) in [5.41, 5.74) is 7.04. The Morgan fingerprint density at radius 1 is 1.05 bits per heavy atom. The van der Waals surface area contributed by atoms with Gasteiger partial charge in [0, 0.05) is 13.0 Å². The van der Waals surface area contributed by atoms with Crippen LogP contribution in [0.4, 0.5) is 4.39 Å². The maximum Gasteiger partial charge on any atom is 0.223 e. The van der Waals surface area contributed by atoms with E-state index in [1.165, 1.54) is 5.56 Å². The van der Waals surface area contributed by atoms with Crippen molar-refractivity contribution in [1.29, 1.82) is 0 Å². The number of aromatic amines is 1. The van der Waals surface area contributed by atoms with Crippen LogP contribution in [0.3, 0.4) is 0 Å². The zero-order valence-electron chi connectivity index (χ0n) is 23.7. The van der Waals surface area contributed by atoms with E-state index in [0.29, 0.717) is 24.5 Å². The molecule has 0 saturated carbocycles. The Balaban J connectivity index is 1.19. The molecule has 4 aromatic rings. The molecule has 40 heavy (non-hydrogen) atoms. The van der Waals surface area contributed by atoms with Gasteiger partial charge in [-0.05, 0) is 116 Å². The molecule has 0 bridgehead atoms. The summed E-state index contributed by atoms with van der Waals surface area (Å²) in [7, 11) is 0. The van der Waals surface area contributed by atoms with Gasteiger partial charge >= 0.3 is 0 Å². The summed E-state index contributed by atoms with van der Waals surface area (Å²) in [5.74, 6) is 2.40. The minimum atomic E-state index is -0.195. The second kappa shape index (κ2) is 11.1. The number of likely N-dealkylation sites (tertiary alicyclic amines) is 1. The first-order chi connectivity index (χ1) is 19.4. The summed E-state index contributed by atoms with van der Waals surface area (Å²) >= 11 is 0. The number of H-pyrrole nitrogens is 1. The SMILES string of the molecule is Cc1nc2ccc(-c3ccc4c(c3)CC(C)C(CC(=O)N3CCCCC3c3ccc(C)c(F)c3)CCO4)cc2[nH]1. The van der Waals surface area contributed by atoms with Crippen molar-refractivity contribution >= 4 is 16.9 Å². The lowest BCUT2D eigenvalue weighted by Crippen LogP contribution is -2.40. The molecule has 0 aliphatic carbocycles. The fourth-order valence-electron chi connectivity index (χ4n) is 6.53. The van der Waals surface area contributed by atoms with Crippen LogP contribution in [-0.4, -0.2) is 33.9 Å². The maximum absolute atomic E-state index is 14.4. The van der Waals surface area contributed by atoms with Gasteiger partial charge in [0.05, 0.1) is 23.7 Å². The Bertz CT molecular complexity index is 1540. The minimum absolute atomic E-state index is 0.0456. The van der Waals surface area contributed by atoms with Gasteiger partial charge in [0.25, 0.3) is 0 Å². The number of hydrogen-bond donors (Lipinski definition) is 1. The summed E-state index contributed by atoms with van der Waals surface area (Å²) in [6.07, 6.45) is 5.15. The Kier molecular flexibility index (Phi) is 7.35. The average molecular weight is 540 g/mol. The number of nitrogens with one attached hydrogen (secondary N) is 1. The maximum atomic E-state index is 14.4. The first kappa shape index (κ1) is 26.5. The zero-order chi connectivity index (χ0) is 27.8. The highest BCUT2D eigenvalue weighted by Gasteiger charge is 2.32. The van der Waals surface area contributed by atoms with E-state index < -0.39 is 0 Å². The van der Waals surface area contributed by atoms with E-state index in [1.807, 2.05) is 24.0 Å². The molecular formula is C34H38FN3O2. The van der Waals surface area contributed by atoms with E-state index in [1.54, 1.807) is 13.0 Å². The highest BCUT2D eigenvalue weighted by atomic mass is 19.1. The normalized spacial score (nSPS) is 21.4. The molecule has 5 nitrogen and oxygen atoms in total. The lowest BCUT2D eigenvalue weighted by Gasteiger charge is -2.38. The minimum Gasteiger partial charge on any atom is -0.493 e. The van der Waals surface area contributed by atoms with E-state index in [9.17, 15) is 9.18 Å². The predicted octanol–water partition coefficient (Wildman–Crippen LogP) is 7.71. The monoisotopic (exact) mass is 539 g/mol. The summed E-state index contributed by atoms with van der Waals surface area (Å²) in [5, 5.41) is 0. The third-order valence-corrected chi connectivity index (χ3v) is 8.93. The van der Waals surface area contributed by atoms with Crippen molar-refractivity contribution in [3.63, 3.8) is 0 Å². The lowest BCUT2D eigenvalue weighted by molar-refractivity contribution is -0.136. The average Bonchev–Trinajstić information content (AvgIpc) is 3.33. The molecule has 0 spiro atoms. The van der Waals surface area contributed by atoms with E-state index in [2.05, 4.69) is 53.3 Å². The number of amides is 1. The quantitative estimate of drug-likeness (QED) is 0.289. The number of aromatic nitrogens is 2. The Morgan fingerprint density at radius 2 is 1.88 bits per heavy atom. The van der Waals surface area contributed by atoms with Crippen molar-refractivity contribution in [2.45, 2.75) is 65.3 Å². The van der Waals surface area contributed by atoms with Crippen molar-refractivity contribution in [1.82, 2.24) is 14.9 Å². The van der Waals surface area contributed by atoms with Crippen LogP contribution in [-0.2, 0) is 11.2 Å². The van der Waals surface area contributed by atoms with Gasteiger partial charge < -0.3 is 14.6 Å². The summed E-state index contributed by atoms with van der Waals surface area (Å²) in [6, 6.07) is 18.2. The second-order valence-electron chi connectivity index (χ2n) is 11.8. The molecule has 208 valence electrons. The van der Waals surface area contributed by atoms with Crippen molar-refractivity contribution < 1.29 is 13.9 Å². The number of fused-ring (bicyclic) bond motifs is 2. The predicted molar refractivity (Wildman–Crippen MR) is 157 cm³/mol. The molecule has 6 rings (SSSR count). The number of carbonyl (C=O) groups excluding carboxylic acids is 1. The smallest absolute Gasteiger partial charge is 0.223 e. The molecule has 3 heterocycles. The van der Waals surface area contributed by atoms with Gasteiger partial charge in [0.2, 0.25) is 5.91 Å². The summed E-state index contributed by atoms with van der Waals surface area (Å²) in [4.78, 5) is 23.6. The number of benzene rings is 3. The van der Waals surface area contributed by atoms with Crippen LogP contribution < -0.4 is 4.74 Å². The fourth-order valence-corrected chi connectivity index (χ4v) is 6.53. The highest BCUT2D eigenvalue weighted by Crippen LogP contribution is 2.37. The van der Waals surface area contributed by atoms with Crippen molar-refractivity contribution in [3.05, 3.63) is 82.9 Å². The van der Waals surface area contributed by atoms with Crippen LogP contribution in [0.2, 0.25) is 0 Å². The standard InChI is InChI=1S/C34H38FN3O2/c1-21-7-8-27(18-29(21)35)32-6-4-5-14-38(32)34(39)20-24-13-15-40-33-12-10-25(17-28(33)16-22(24)2)26-9-11-30-31(19-26)37-23(3)36-30/h7-12,17-19,22,24,32H,4-6,13-16,20H2,1-3H3,(H,36,37). The summed E-state index contributed by atoms with van der Waals surface area (Å²) < 4.78 is 20.6. The molecular weight excluding hydrogens is 501 g/mol. The van der Waals surface area contributed by atoms with Crippen LogP contribution in [0.5, 0.6) is 5.75 Å². The highest BCUT2D eigenvalue weighted by molar-refractivity contribution is 5.82. The van der Waals surface area contributed by atoms with Crippen molar-refractivity contribution in [2.24, 2.45) is 11.8 Å². The largest absolute Gasteiger partial charge is 0.493 e. The van der Waals surface area contributed by atoms with Crippen LogP contribution in [0, 0.1) is 31.5 Å². The first-order valence-corrected chi connectivity index (χ1v) is 14.6. The van der Waals surface area contributed by atoms with Gasteiger partial charge in [-0.1, -0.05) is 31.2 Å². The van der Waals surface area contributed by atoms with E-state index in [-0.39, 0.29) is 23.7 Å². The van der Waals surface area contributed by atoms with E-state index in [4.69, 9.17) is 4.74 Å². The number of aryl methyl sites for hydroxylation is 2. The van der Waals surface area contributed by atoms with Crippen LogP contribution in [0.25, 0.3) is 22.2 Å². The molecule has 1 fully saturated rings. The van der Waals surface area contributed by atoms with Crippen molar-refractivity contribution in [3.8, 4) is 16.9 Å². The Labute approximate surface area is 235 Å². The zero-order valence-corrected chi connectivity index (χ0v) is 23.7. The Hall–Kier alpha value is -3.67. The number of piperidine rings is 1. The molecule has 1 amide bonds. The van der Waals surface area contributed by atoms with Crippen LogP contribution in [0.1, 0.15) is 67.6 Å². The van der Waals surface area contributed by atoms with E-state index in [0.717, 1.165) is 77.9 Å². The molecule has 6 heteroatoms. The third-order valence-electron chi connectivity index (χ3n) is 8.93. The topological polar surface area (TPSA) is 58.2 Å². The van der Waals surface area contributed by atoms with Gasteiger partial charge in [0.1, 0.15) is 17.4 Å². The molecule has 2 aliphatic heterocycles. The number of hydrogen-bond acceptors (Lipinski definition) is 3. The van der Waals surface area contributed by atoms with Crippen molar-refractivity contribution in [2.75, 3.05) is 13.2 Å². The molecule has 3 unspecified atom stereocenters. The number of carbonyl (C=O) groups is 1. The number of imidazole rings is 1. The van der Waals surface area contributed by atoms with Gasteiger partial charge in [-0.25, -0.2) is 9.37 Å². The van der Waals surface area contributed by atoms with Gasteiger partial charge in [-0.2, -0.15) is 0 Å². The number of rotatable bonds is 4.